The van der Waals surface area contributed by atoms with Gasteiger partial charge in [0.25, 0.3) is 5.91 Å². The summed E-state index contributed by atoms with van der Waals surface area (Å²) in [6, 6.07) is 2.44. The maximum absolute atomic E-state index is 12.4. The van der Waals surface area contributed by atoms with Crippen LogP contribution < -0.4 is 11.1 Å². The van der Waals surface area contributed by atoms with Crippen molar-refractivity contribution in [3.8, 4) is 6.07 Å². The Kier molecular flexibility index (Phi) is 5.05. The van der Waals surface area contributed by atoms with Crippen molar-refractivity contribution in [3.63, 3.8) is 0 Å². The van der Waals surface area contributed by atoms with E-state index >= 15 is 0 Å². The molecule has 0 unspecified atom stereocenters. The summed E-state index contributed by atoms with van der Waals surface area (Å²) in [5.74, 6) is -0.249. The van der Waals surface area contributed by atoms with Crippen LogP contribution in [-0.2, 0) is 4.79 Å². The first-order valence-electron chi connectivity index (χ1n) is 8.63. The van der Waals surface area contributed by atoms with Gasteiger partial charge in [-0.3, -0.25) is 4.79 Å². The number of carbonyl (C=O) groups is 1. The van der Waals surface area contributed by atoms with E-state index in [1.807, 2.05) is 0 Å². The molecule has 5 nitrogen and oxygen atoms in total. The lowest BCUT2D eigenvalue weighted by Gasteiger charge is -2.54. The maximum Gasteiger partial charge on any atom is 0.263 e. The average Bonchev–Trinajstić information content (AvgIpc) is 2.88. The van der Waals surface area contributed by atoms with Gasteiger partial charge >= 0.3 is 0 Å². The predicted molar refractivity (Wildman–Crippen MR) is 91.3 cm³/mol. The van der Waals surface area contributed by atoms with Crippen LogP contribution in [0.4, 0.5) is 0 Å². The van der Waals surface area contributed by atoms with E-state index in [4.69, 9.17) is 5.73 Å². The summed E-state index contributed by atoms with van der Waals surface area (Å²) in [6.07, 6.45) is 7.77. The van der Waals surface area contributed by atoms with Crippen LogP contribution in [0.25, 0.3) is 0 Å². The largest absolute Gasteiger partial charge is 0.366 e. The fourth-order valence-electron chi connectivity index (χ4n) is 4.32. The van der Waals surface area contributed by atoms with E-state index in [9.17, 15) is 10.1 Å². The Morgan fingerprint density at radius 1 is 1.22 bits per heavy atom. The van der Waals surface area contributed by atoms with Gasteiger partial charge in [0.15, 0.2) is 0 Å². The summed E-state index contributed by atoms with van der Waals surface area (Å²) < 4.78 is 0. The molecule has 128 valence electrons. The van der Waals surface area contributed by atoms with Gasteiger partial charge in [-0.25, -0.2) is 0 Å². The number of nitrogens with two attached hydrogens (primary N) is 1. The molecule has 0 atom stereocenters. The Bertz CT molecular complexity index is 506. The van der Waals surface area contributed by atoms with Crippen molar-refractivity contribution in [1.29, 1.82) is 5.26 Å². The number of hydrogen-bond donors (Lipinski definition) is 2. The van der Waals surface area contributed by atoms with Crippen molar-refractivity contribution in [2.75, 3.05) is 0 Å². The molecule has 1 aliphatic heterocycles. The lowest BCUT2D eigenvalue weighted by molar-refractivity contribution is -0.117. The molecular formula is C18H30N4O. The van der Waals surface area contributed by atoms with Crippen LogP contribution in [0, 0.1) is 11.3 Å². The molecule has 0 bridgehead atoms. The van der Waals surface area contributed by atoms with Crippen LogP contribution in [0.15, 0.2) is 11.8 Å². The van der Waals surface area contributed by atoms with Gasteiger partial charge in [-0.15, -0.1) is 0 Å². The third-order valence-corrected chi connectivity index (χ3v) is 5.14. The summed E-state index contributed by atoms with van der Waals surface area (Å²) in [5, 5.41) is 12.5. The second kappa shape index (κ2) is 6.52. The number of amides is 1. The Morgan fingerprint density at radius 3 is 2.22 bits per heavy atom. The topological polar surface area (TPSA) is 82.2 Å². The number of carbonyl (C=O) groups excluding carboxylic acids is 1. The first-order valence-corrected chi connectivity index (χ1v) is 8.63. The molecule has 0 aromatic heterocycles. The minimum absolute atomic E-state index is 0.141. The Morgan fingerprint density at radius 2 is 1.74 bits per heavy atom. The maximum atomic E-state index is 12.4. The van der Waals surface area contributed by atoms with Gasteiger partial charge in [0, 0.05) is 29.4 Å². The monoisotopic (exact) mass is 318 g/mol. The van der Waals surface area contributed by atoms with Gasteiger partial charge < -0.3 is 16.0 Å². The lowest BCUT2D eigenvalue weighted by Crippen LogP contribution is -2.61. The molecule has 0 spiro atoms. The standard InChI is InChI=1S/C18H30N4O/c1-17(2)9-14(20)10-18(3,4)22(17)12-13(11-19)16(23)21-15-7-5-6-8-15/h12,14-15H,5-10,20H2,1-4H3,(H,21,23)/b13-12-. The SMILES string of the molecule is CC1(C)CC(N)CC(C)(C)N1/C=C(/C#N)C(=O)NC1CCCC1. The summed E-state index contributed by atoms with van der Waals surface area (Å²) in [6.45, 7) is 8.48. The van der Waals surface area contributed by atoms with Crippen molar-refractivity contribution in [2.45, 2.75) is 89.4 Å². The van der Waals surface area contributed by atoms with E-state index in [2.05, 4.69) is 44.0 Å². The molecule has 2 aliphatic rings. The highest BCUT2D eigenvalue weighted by Gasteiger charge is 2.43. The van der Waals surface area contributed by atoms with E-state index < -0.39 is 0 Å². The summed E-state index contributed by atoms with van der Waals surface area (Å²) in [7, 11) is 0. The Labute approximate surface area is 139 Å². The fourth-order valence-corrected chi connectivity index (χ4v) is 4.32. The first-order chi connectivity index (χ1) is 10.7. The molecule has 0 aromatic carbocycles. The number of nitriles is 1. The number of nitrogens with one attached hydrogen (secondary N) is 1. The fraction of sp³-hybridized carbons (Fsp3) is 0.778. The van der Waals surface area contributed by atoms with E-state index in [0.29, 0.717) is 0 Å². The van der Waals surface area contributed by atoms with Crippen LogP contribution in [0.5, 0.6) is 0 Å². The van der Waals surface area contributed by atoms with Gasteiger partial charge in [0.05, 0.1) is 0 Å². The molecule has 0 aromatic rings. The van der Waals surface area contributed by atoms with E-state index in [-0.39, 0.29) is 34.6 Å². The molecule has 1 heterocycles. The van der Waals surface area contributed by atoms with Crippen LogP contribution in [0.3, 0.4) is 0 Å². The summed E-state index contributed by atoms with van der Waals surface area (Å²) >= 11 is 0. The predicted octanol–water partition coefficient (Wildman–Crippen LogP) is 2.43. The molecule has 2 rings (SSSR count). The normalized spacial score (nSPS) is 25.2. The van der Waals surface area contributed by atoms with Gasteiger partial charge in [-0.2, -0.15) is 5.26 Å². The van der Waals surface area contributed by atoms with Gasteiger partial charge in [-0.05, 0) is 53.4 Å². The highest BCUT2D eigenvalue weighted by molar-refractivity contribution is 5.97. The number of piperidine rings is 1. The average molecular weight is 318 g/mol. The van der Waals surface area contributed by atoms with Crippen molar-refractivity contribution < 1.29 is 4.79 Å². The molecule has 23 heavy (non-hydrogen) atoms. The summed E-state index contributed by atoms with van der Waals surface area (Å²) in [4.78, 5) is 14.6. The van der Waals surface area contributed by atoms with Gasteiger partial charge in [0.2, 0.25) is 0 Å². The van der Waals surface area contributed by atoms with Crippen LogP contribution in [0.1, 0.15) is 66.2 Å². The van der Waals surface area contributed by atoms with Crippen LogP contribution >= 0.6 is 0 Å². The molecule has 1 saturated carbocycles. The molecular weight excluding hydrogens is 288 g/mol. The molecule has 2 fully saturated rings. The highest BCUT2D eigenvalue weighted by Crippen LogP contribution is 2.38. The van der Waals surface area contributed by atoms with Gasteiger partial charge in [-0.1, -0.05) is 12.8 Å². The number of likely N-dealkylation sites (tertiary alicyclic amines) is 1. The van der Waals surface area contributed by atoms with E-state index in [1.165, 1.54) is 0 Å². The second-order valence-corrected chi connectivity index (χ2v) is 8.27. The molecule has 1 amide bonds. The quantitative estimate of drug-likeness (QED) is 0.618. The van der Waals surface area contributed by atoms with E-state index in [0.717, 1.165) is 38.5 Å². The Hall–Kier alpha value is -1.54. The zero-order valence-electron chi connectivity index (χ0n) is 14.9. The van der Waals surface area contributed by atoms with Crippen LogP contribution in [0.2, 0.25) is 0 Å². The molecule has 1 aliphatic carbocycles. The molecule has 0 radical (unpaired) electrons. The zero-order valence-corrected chi connectivity index (χ0v) is 14.9. The molecule has 3 N–H and O–H groups in total. The van der Waals surface area contributed by atoms with Gasteiger partial charge in [0.1, 0.15) is 11.6 Å². The smallest absolute Gasteiger partial charge is 0.263 e. The lowest BCUT2D eigenvalue weighted by atomic mass is 9.77. The van der Waals surface area contributed by atoms with Crippen molar-refractivity contribution >= 4 is 5.91 Å². The van der Waals surface area contributed by atoms with Crippen LogP contribution in [-0.4, -0.2) is 34.0 Å². The zero-order chi connectivity index (χ0) is 17.3. The highest BCUT2D eigenvalue weighted by atomic mass is 16.1. The number of hydrogen-bond acceptors (Lipinski definition) is 4. The van der Waals surface area contributed by atoms with Crippen molar-refractivity contribution in [3.05, 3.63) is 11.8 Å². The summed E-state index contributed by atoms with van der Waals surface area (Å²) in [5.41, 5.74) is 6.01. The van der Waals surface area contributed by atoms with E-state index in [1.54, 1.807) is 6.20 Å². The second-order valence-electron chi connectivity index (χ2n) is 8.27. The number of rotatable bonds is 3. The van der Waals surface area contributed by atoms with Crippen molar-refractivity contribution in [2.24, 2.45) is 5.73 Å². The minimum atomic E-state index is -0.249. The Balaban J connectivity index is 2.21. The third-order valence-electron chi connectivity index (χ3n) is 5.14. The molecule has 5 heteroatoms. The van der Waals surface area contributed by atoms with Crippen molar-refractivity contribution in [1.82, 2.24) is 10.2 Å². The first kappa shape index (κ1) is 17.8. The minimum Gasteiger partial charge on any atom is -0.366 e. The third kappa shape index (κ3) is 4.06. The molecule has 1 saturated heterocycles. The number of nitrogens with zero attached hydrogens (tertiary/aromatic N) is 2.